The molecule has 0 aromatic carbocycles. The second kappa shape index (κ2) is 29.2. The average Bonchev–Trinajstić information content (AvgIpc) is 2.82. The molecular weight excluding hydrogens is 510 g/mol. The van der Waals surface area contributed by atoms with Crippen LogP contribution in [0, 0.1) is 0 Å². The fourth-order valence-electron chi connectivity index (χ4n) is 4.29. The molecule has 0 aliphatic carbocycles. The van der Waals surface area contributed by atoms with Crippen molar-refractivity contribution >= 4 is 15.4 Å². The van der Waals surface area contributed by atoms with Gasteiger partial charge in [-0.25, -0.2) is 4.57 Å². The first kappa shape index (κ1) is 39.4. The van der Waals surface area contributed by atoms with Crippen LogP contribution in [0.5, 0.6) is 0 Å². The lowest BCUT2D eigenvalue weighted by Gasteiger charge is -2.05. The number of phosphoric ester groups is 1. The van der Waals surface area contributed by atoms with E-state index in [0.717, 1.165) is 32.1 Å². The third kappa shape index (κ3) is 43.6. The number of hydrogen-bond acceptors (Lipinski definition) is 3. The van der Waals surface area contributed by atoms with Gasteiger partial charge in [0.15, 0.2) is 0 Å². The molecule has 0 atom stereocenters. The molecule has 0 unspecified atom stereocenters. The lowest BCUT2D eigenvalue weighted by atomic mass is 10.1. The van der Waals surface area contributed by atoms with Crippen molar-refractivity contribution in [1.29, 1.82) is 0 Å². The van der Waals surface area contributed by atoms with Crippen LogP contribution in [0.1, 0.15) is 168 Å². The Hall–Kier alpha value is 0.260. The molecule has 0 aliphatic heterocycles. The zero-order chi connectivity index (χ0) is 28.1. The largest absolute Gasteiger partial charge is 0.469 e. The molecule has 0 saturated heterocycles. The van der Waals surface area contributed by atoms with Crippen molar-refractivity contribution in [3.05, 3.63) is 0 Å². The Balaban J connectivity index is 0. The normalized spacial score (nSPS) is 11.9. The van der Waals surface area contributed by atoms with E-state index in [1.54, 1.807) is 0 Å². The summed E-state index contributed by atoms with van der Waals surface area (Å²) in [5, 5.41) is 0. The van der Waals surface area contributed by atoms with Gasteiger partial charge in [-0.1, -0.05) is 155 Å². The van der Waals surface area contributed by atoms with Gasteiger partial charge in [0.05, 0.1) is 6.61 Å². The van der Waals surface area contributed by atoms with E-state index in [1.165, 1.54) is 116 Å². The summed E-state index contributed by atoms with van der Waals surface area (Å²) in [5.74, 6) is 0. The van der Waals surface area contributed by atoms with E-state index in [1.807, 2.05) is 0 Å². The van der Waals surface area contributed by atoms with Crippen LogP contribution in [0.15, 0.2) is 0 Å². The lowest BCUT2D eigenvalue weighted by molar-refractivity contribution is 0.193. The van der Waals surface area contributed by atoms with Crippen molar-refractivity contribution < 1.29 is 33.2 Å². The van der Waals surface area contributed by atoms with Gasteiger partial charge in [-0.05, 0) is 12.8 Å². The Labute approximate surface area is 229 Å². The minimum atomic E-state index is -4.25. The fraction of sp³-hybridized carbons (Fsp3) is 1.00. The molecule has 4 N–H and O–H groups in total. The summed E-state index contributed by atoms with van der Waals surface area (Å²) >= 11 is 0. The third-order valence-corrected chi connectivity index (χ3v) is 7.98. The van der Waals surface area contributed by atoms with Crippen molar-refractivity contribution in [1.82, 2.24) is 0 Å². The summed E-state index contributed by atoms with van der Waals surface area (Å²) in [5.41, 5.74) is 0. The van der Waals surface area contributed by atoms with E-state index in [0.29, 0.717) is 6.42 Å². The molecule has 0 spiro atoms. The molecular formula is C28H62O7P2. The van der Waals surface area contributed by atoms with Crippen molar-refractivity contribution in [2.45, 2.75) is 168 Å². The highest BCUT2D eigenvalue weighted by Crippen LogP contribution is 2.36. The molecule has 9 heteroatoms. The van der Waals surface area contributed by atoms with Crippen LogP contribution in [0.25, 0.3) is 0 Å². The Morgan fingerprint density at radius 2 is 0.703 bits per heavy atom. The van der Waals surface area contributed by atoms with Crippen LogP contribution < -0.4 is 0 Å². The summed E-state index contributed by atoms with van der Waals surface area (Å²) in [4.78, 5) is 34.3. The van der Waals surface area contributed by atoms with Gasteiger partial charge < -0.3 is 19.6 Å². The predicted molar refractivity (Wildman–Crippen MR) is 157 cm³/mol. The zero-order valence-corrected chi connectivity index (χ0v) is 26.1. The standard InChI is InChI=1S/C14H31O4P.C14H31O3P/c1-2-3-4-5-6-7-8-9-10-11-12-13-14-18-19(15,16)17;1-2-3-4-5-6-7-8-9-10-11-12-13-14-18(15,16)17/h2-14H2,1H3,(H2,15,16,17);2-14H2,1H3,(H2,15,16,17). The molecule has 0 heterocycles. The van der Waals surface area contributed by atoms with Crippen LogP contribution in [0.2, 0.25) is 0 Å². The van der Waals surface area contributed by atoms with Gasteiger partial charge in [-0.15, -0.1) is 0 Å². The number of unbranched alkanes of at least 4 members (excludes halogenated alkanes) is 22. The Morgan fingerprint density at radius 1 is 0.432 bits per heavy atom. The highest BCUT2D eigenvalue weighted by molar-refractivity contribution is 7.51. The van der Waals surface area contributed by atoms with Gasteiger partial charge in [-0.2, -0.15) is 0 Å². The molecule has 0 saturated carbocycles. The summed E-state index contributed by atoms with van der Waals surface area (Å²) in [6.45, 7) is 4.65. The van der Waals surface area contributed by atoms with E-state index in [-0.39, 0.29) is 12.8 Å². The monoisotopic (exact) mass is 572 g/mol. The molecule has 0 radical (unpaired) electrons. The topological polar surface area (TPSA) is 124 Å². The van der Waals surface area contributed by atoms with Crippen LogP contribution in [-0.2, 0) is 13.7 Å². The number of phosphoric acid groups is 1. The quantitative estimate of drug-likeness (QED) is 0.0570. The first-order valence-electron chi connectivity index (χ1n) is 15.4. The Bertz CT molecular complexity index is 535. The average molecular weight is 573 g/mol. The van der Waals surface area contributed by atoms with E-state index >= 15 is 0 Å². The molecule has 0 aromatic heterocycles. The lowest BCUT2D eigenvalue weighted by Crippen LogP contribution is -1.92. The third-order valence-electron chi connectivity index (χ3n) is 6.56. The zero-order valence-electron chi connectivity index (χ0n) is 24.3. The van der Waals surface area contributed by atoms with Gasteiger partial charge in [0, 0.05) is 6.16 Å². The molecule has 7 nitrogen and oxygen atoms in total. The highest BCUT2D eigenvalue weighted by Gasteiger charge is 2.12. The molecule has 226 valence electrons. The van der Waals surface area contributed by atoms with E-state index in [4.69, 9.17) is 19.6 Å². The van der Waals surface area contributed by atoms with Crippen molar-refractivity contribution in [3.8, 4) is 0 Å². The summed E-state index contributed by atoms with van der Waals surface area (Å²) < 4.78 is 25.4. The number of hydrogen-bond donors (Lipinski definition) is 4. The van der Waals surface area contributed by atoms with Crippen molar-refractivity contribution in [2.75, 3.05) is 12.8 Å². The van der Waals surface area contributed by atoms with E-state index in [2.05, 4.69) is 18.4 Å². The molecule has 0 amide bonds. The van der Waals surface area contributed by atoms with Gasteiger partial charge >= 0.3 is 15.4 Å². The van der Waals surface area contributed by atoms with Crippen LogP contribution in [0.3, 0.4) is 0 Å². The predicted octanol–water partition coefficient (Wildman–Crippen LogP) is 9.66. The SMILES string of the molecule is CCCCCCCCCCCCCCOP(=O)(O)O.CCCCCCCCCCCCCCP(=O)(O)O. The summed E-state index contributed by atoms with van der Waals surface area (Å²) in [6, 6.07) is 0. The smallest absolute Gasteiger partial charge is 0.324 e. The Kier molecular flexibility index (Phi) is 31.1. The Morgan fingerprint density at radius 3 is 0.973 bits per heavy atom. The van der Waals surface area contributed by atoms with Gasteiger partial charge in [0.2, 0.25) is 0 Å². The molecule has 0 aliphatic rings. The molecule has 0 aromatic rings. The maximum atomic E-state index is 10.6. The first-order valence-corrected chi connectivity index (χ1v) is 18.7. The van der Waals surface area contributed by atoms with Crippen LogP contribution in [-0.4, -0.2) is 32.3 Å². The fourth-order valence-corrected chi connectivity index (χ4v) is 5.29. The van der Waals surface area contributed by atoms with E-state index in [9.17, 15) is 9.13 Å². The number of rotatable bonds is 27. The second-order valence-electron chi connectivity index (χ2n) is 10.5. The van der Waals surface area contributed by atoms with Gasteiger partial charge in [0.1, 0.15) is 0 Å². The van der Waals surface area contributed by atoms with Crippen LogP contribution >= 0.6 is 15.4 Å². The van der Waals surface area contributed by atoms with Crippen LogP contribution in [0.4, 0.5) is 0 Å². The highest BCUT2D eigenvalue weighted by atomic mass is 31.2. The maximum absolute atomic E-state index is 10.6. The maximum Gasteiger partial charge on any atom is 0.469 e. The molecule has 0 bridgehead atoms. The van der Waals surface area contributed by atoms with Crippen molar-refractivity contribution in [3.63, 3.8) is 0 Å². The second-order valence-corrected chi connectivity index (χ2v) is 13.5. The molecule has 37 heavy (non-hydrogen) atoms. The molecule has 0 rings (SSSR count). The van der Waals surface area contributed by atoms with Gasteiger partial charge in [0.25, 0.3) is 0 Å². The molecule has 0 fully saturated rings. The summed E-state index contributed by atoms with van der Waals surface area (Å²) in [6.07, 6.45) is 29.7. The minimum absolute atomic E-state index is 0.0599. The summed E-state index contributed by atoms with van der Waals surface area (Å²) in [7, 11) is -7.99. The van der Waals surface area contributed by atoms with Gasteiger partial charge in [-0.3, -0.25) is 9.09 Å². The van der Waals surface area contributed by atoms with Crippen molar-refractivity contribution in [2.24, 2.45) is 0 Å². The first-order chi connectivity index (χ1) is 17.6. The minimum Gasteiger partial charge on any atom is -0.324 e. The van der Waals surface area contributed by atoms with E-state index < -0.39 is 15.4 Å².